The molecule has 1 rings (SSSR count). The maximum atomic E-state index is 11.8. The Labute approximate surface area is 113 Å². The van der Waals surface area contributed by atoms with Crippen LogP contribution in [-0.4, -0.2) is 35.1 Å². The van der Waals surface area contributed by atoms with Gasteiger partial charge in [-0.15, -0.1) is 0 Å². The van der Waals surface area contributed by atoms with Gasteiger partial charge in [-0.3, -0.25) is 0 Å². The first-order chi connectivity index (χ1) is 8.95. The highest BCUT2D eigenvalue weighted by molar-refractivity contribution is 5.82. The first-order valence-electron chi connectivity index (χ1n) is 6.24. The monoisotopic (exact) mass is 264 g/mol. The Morgan fingerprint density at radius 2 is 1.89 bits per heavy atom. The third-order valence-corrected chi connectivity index (χ3v) is 3.02. The summed E-state index contributed by atoms with van der Waals surface area (Å²) in [5.74, 6) is -0.990. The lowest BCUT2D eigenvalue weighted by atomic mass is 10.1. The minimum atomic E-state index is -0.990. The van der Waals surface area contributed by atoms with Crippen LogP contribution in [0.15, 0.2) is 24.3 Å². The summed E-state index contributed by atoms with van der Waals surface area (Å²) in [6.45, 7) is 4.12. The Kier molecular flexibility index (Phi) is 5.36. The predicted octanol–water partition coefficient (Wildman–Crippen LogP) is 2.00. The second-order valence-corrected chi connectivity index (χ2v) is 4.52. The molecule has 0 aliphatic carbocycles. The summed E-state index contributed by atoms with van der Waals surface area (Å²) >= 11 is 0. The summed E-state index contributed by atoms with van der Waals surface area (Å²) in [6.07, 6.45) is 0.379. The molecular formula is C14H20N2O3. The topological polar surface area (TPSA) is 69.6 Å². The molecule has 1 aromatic carbocycles. The van der Waals surface area contributed by atoms with Crippen LogP contribution in [0.2, 0.25) is 0 Å². The molecule has 0 spiro atoms. The van der Waals surface area contributed by atoms with Gasteiger partial charge in [-0.2, -0.15) is 0 Å². The van der Waals surface area contributed by atoms with E-state index in [9.17, 15) is 9.59 Å². The van der Waals surface area contributed by atoms with Crippen molar-refractivity contribution < 1.29 is 14.7 Å². The minimum Gasteiger partial charge on any atom is -0.480 e. The quantitative estimate of drug-likeness (QED) is 0.854. The summed E-state index contributed by atoms with van der Waals surface area (Å²) in [5, 5.41) is 11.7. The molecule has 1 aromatic rings. The Balaban J connectivity index is 2.55. The fraction of sp³-hybridized carbons (Fsp3) is 0.429. The van der Waals surface area contributed by atoms with Gasteiger partial charge in [0, 0.05) is 13.6 Å². The van der Waals surface area contributed by atoms with Gasteiger partial charge in [0.15, 0.2) is 0 Å². The number of carboxylic acids is 1. The van der Waals surface area contributed by atoms with Crippen molar-refractivity contribution >= 4 is 12.0 Å². The Bertz CT molecular complexity index is 443. The van der Waals surface area contributed by atoms with Gasteiger partial charge in [0.1, 0.15) is 6.04 Å². The van der Waals surface area contributed by atoms with Crippen molar-refractivity contribution in [1.82, 2.24) is 10.2 Å². The maximum absolute atomic E-state index is 11.8. The molecule has 0 radical (unpaired) electrons. The molecule has 0 saturated carbocycles. The molecule has 5 nitrogen and oxygen atoms in total. The number of aryl methyl sites for hydroxylation is 1. The average molecular weight is 264 g/mol. The summed E-state index contributed by atoms with van der Waals surface area (Å²) in [5.41, 5.74) is 2.14. The zero-order valence-electron chi connectivity index (χ0n) is 11.5. The van der Waals surface area contributed by atoms with E-state index in [4.69, 9.17) is 5.11 Å². The van der Waals surface area contributed by atoms with Gasteiger partial charge in [0.2, 0.25) is 0 Å². The smallest absolute Gasteiger partial charge is 0.326 e. The van der Waals surface area contributed by atoms with Gasteiger partial charge in [0.05, 0.1) is 0 Å². The van der Waals surface area contributed by atoms with E-state index in [2.05, 4.69) is 5.32 Å². The standard InChI is InChI=1S/C14H20N2O3/c1-4-12(13(17)18)16(3)14(19)15-9-11-7-5-10(2)6-8-11/h5-8,12H,4,9H2,1-3H3,(H,15,19)(H,17,18). The molecule has 0 aromatic heterocycles. The summed E-state index contributed by atoms with van der Waals surface area (Å²) in [7, 11) is 1.49. The lowest BCUT2D eigenvalue weighted by Gasteiger charge is -2.24. The number of nitrogens with one attached hydrogen (secondary N) is 1. The van der Waals surface area contributed by atoms with Crippen LogP contribution < -0.4 is 5.32 Å². The number of hydrogen-bond acceptors (Lipinski definition) is 2. The normalized spacial score (nSPS) is 11.7. The van der Waals surface area contributed by atoms with Crippen molar-refractivity contribution in [2.24, 2.45) is 0 Å². The third kappa shape index (κ3) is 4.28. The number of carboxylic acid groups (broad SMARTS) is 1. The fourth-order valence-corrected chi connectivity index (χ4v) is 1.76. The molecule has 1 atom stereocenters. The summed E-state index contributed by atoms with van der Waals surface area (Å²) in [4.78, 5) is 24.0. The van der Waals surface area contributed by atoms with Crippen molar-refractivity contribution in [2.75, 3.05) is 7.05 Å². The Hall–Kier alpha value is -2.04. The fourth-order valence-electron chi connectivity index (χ4n) is 1.76. The van der Waals surface area contributed by atoms with Crippen molar-refractivity contribution in [3.63, 3.8) is 0 Å². The van der Waals surface area contributed by atoms with Crippen LogP contribution in [0.3, 0.4) is 0 Å². The molecule has 2 amide bonds. The number of amides is 2. The maximum Gasteiger partial charge on any atom is 0.326 e. The number of carbonyl (C=O) groups is 2. The van der Waals surface area contributed by atoms with E-state index in [-0.39, 0.29) is 6.03 Å². The van der Waals surface area contributed by atoms with Crippen molar-refractivity contribution in [3.05, 3.63) is 35.4 Å². The van der Waals surface area contributed by atoms with E-state index in [1.165, 1.54) is 11.9 Å². The summed E-state index contributed by atoms with van der Waals surface area (Å²) in [6, 6.07) is 6.64. The van der Waals surface area contributed by atoms with Crippen molar-refractivity contribution in [2.45, 2.75) is 32.9 Å². The first kappa shape index (κ1) is 15.0. The van der Waals surface area contributed by atoms with E-state index in [0.29, 0.717) is 13.0 Å². The molecule has 1 unspecified atom stereocenters. The Morgan fingerprint density at radius 3 is 2.37 bits per heavy atom. The van der Waals surface area contributed by atoms with Crippen LogP contribution >= 0.6 is 0 Å². The molecule has 0 fully saturated rings. The van der Waals surface area contributed by atoms with Gasteiger partial charge in [-0.1, -0.05) is 36.8 Å². The predicted molar refractivity (Wildman–Crippen MR) is 72.9 cm³/mol. The molecule has 0 saturated heterocycles. The first-order valence-corrected chi connectivity index (χ1v) is 6.24. The van der Waals surface area contributed by atoms with Crippen molar-refractivity contribution in [3.8, 4) is 0 Å². The SMILES string of the molecule is CCC(C(=O)O)N(C)C(=O)NCc1ccc(C)cc1. The molecule has 19 heavy (non-hydrogen) atoms. The van der Waals surface area contributed by atoms with Crippen LogP contribution in [0.5, 0.6) is 0 Å². The average Bonchev–Trinajstić information content (AvgIpc) is 2.38. The molecule has 0 bridgehead atoms. The van der Waals surface area contributed by atoms with Gasteiger partial charge >= 0.3 is 12.0 Å². The number of rotatable bonds is 5. The molecule has 0 aliphatic rings. The second kappa shape index (κ2) is 6.78. The van der Waals surface area contributed by atoms with Crippen molar-refractivity contribution in [1.29, 1.82) is 0 Å². The van der Waals surface area contributed by atoms with Gasteiger partial charge in [-0.25, -0.2) is 9.59 Å². The molecule has 0 aliphatic heterocycles. The zero-order valence-corrected chi connectivity index (χ0v) is 11.5. The van der Waals surface area contributed by atoms with E-state index in [0.717, 1.165) is 11.1 Å². The number of likely N-dealkylation sites (N-methyl/N-ethyl adjacent to an activating group) is 1. The van der Waals surface area contributed by atoms with Gasteiger partial charge < -0.3 is 15.3 Å². The highest BCUT2D eigenvalue weighted by atomic mass is 16.4. The molecule has 5 heteroatoms. The van der Waals surface area contributed by atoms with Gasteiger partial charge in [0.25, 0.3) is 0 Å². The molecular weight excluding hydrogens is 244 g/mol. The number of carbonyl (C=O) groups excluding carboxylic acids is 1. The van der Waals surface area contributed by atoms with E-state index in [1.807, 2.05) is 31.2 Å². The third-order valence-electron chi connectivity index (χ3n) is 3.02. The number of hydrogen-bond donors (Lipinski definition) is 2. The molecule has 2 N–H and O–H groups in total. The highest BCUT2D eigenvalue weighted by Crippen LogP contribution is 2.05. The zero-order chi connectivity index (χ0) is 14.4. The summed E-state index contributed by atoms with van der Waals surface area (Å²) < 4.78 is 0. The van der Waals surface area contributed by atoms with E-state index >= 15 is 0 Å². The van der Waals surface area contributed by atoms with E-state index < -0.39 is 12.0 Å². The van der Waals surface area contributed by atoms with Crippen LogP contribution in [-0.2, 0) is 11.3 Å². The number of benzene rings is 1. The van der Waals surface area contributed by atoms with Crippen LogP contribution in [0.4, 0.5) is 4.79 Å². The lowest BCUT2D eigenvalue weighted by molar-refractivity contribution is -0.141. The van der Waals surface area contributed by atoms with E-state index in [1.54, 1.807) is 6.92 Å². The number of urea groups is 1. The lowest BCUT2D eigenvalue weighted by Crippen LogP contribution is -2.46. The van der Waals surface area contributed by atoms with Crippen LogP contribution in [0.25, 0.3) is 0 Å². The number of aliphatic carboxylic acids is 1. The minimum absolute atomic E-state index is 0.379. The second-order valence-electron chi connectivity index (χ2n) is 4.52. The van der Waals surface area contributed by atoms with Gasteiger partial charge in [-0.05, 0) is 18.9 Å². The molecule has 0 heterocycles. The largest absolute Gasteiger partial charge is 0.480 e. The Morgan fingerprint density at radius 1 is 1.32 bits per heavy atom. The van der Waals surface area contributed by atoms with Crippen LogP contribution in [0.1, 0.15) is 24.5 Å². The highest BCUT2D eigenvalue weighted by Gasteiger charge is 2.24. The molecule has 104 valence electrons. The van der Waals surface area contributed by atoms with Crippen LogP contribution in [0, 0.1) is 6.92 Å². The number of nitrogens with zero attached hydrogens (tertiary/aromatic N) is 1.